The van der Waals surface area contributed by atoms with Gasteiger partial charge >= 0.3 is 12.1 Å². The number of amides is 1. The van der Waals surface area contributed by atoms with Crippen LogP contribution in [0.1, 0.15) is 26.3 Å². The van der Waals surface area contributed by atoms with Gasteiger partial charge in [0.1, 0.15) is 11.6 Å². The Morgan fingerprint density at radius 3 is 2.58 bits per heavy atom. The number of aliphatic carboxylic acids is 1. The number of carboxylic acid groups (broad SMARTS) is 1. The molecule has 19 heavy (non-hydrogen) atoms. The van der Waals surface area contributed by atoms with E-state index in [1.807, 2.05) is 0 Å². The van der Waals surface area contributed by atoms with Crippen LogP contribution >= 0.6 is 0 Å². The third-order valence-electron chi connectivity index (χ3n) is 2.19. The third kappa shape index (κ3) is 5.41. The molecule has 7 nitrogen and oxygen atoms in total. The predicted octanol–water partition coefficient (Wildman–Crippen LogP) is 0.940. The van der Waals surface area contributed by atoms with E-state index in [4.69, 9.17) is 9.84 Å². The summed E-state index contributed by atoms with van der Waals surface area (Å²) in [7, 11) is 1.74. The molecule has 1 aromatic heterocycles. The average Bonchev–Trinajstić information content (AvgIpc) is 2.60. The van der Waals surface area contributed by atoms with E-state index < -0.39 is 23.7 Å². The molecule has 0 saturated heterocycles. The molecule has 7 heteroatoms. The monoisotopic (exact) mass is 269 g/mol. The standard InChI is InChI=1S/C12H19N3O4/c1-12(2,3)19-11(18)14-9(10(16)17)5-8-6-13-15(4)7-8/h6-7,9H,5H2,1-4H3,(H,14,18)(H,16,17)/t9-/m1/s1. The Morgan fingerprint density at radius 1 is 1.53 bits per heavy atom. The molecular formula is C12H19N3O4. The first-order valence-electron chi connectivity index (χ1n) is 5.87. The van der Waals surface area contributed by atoms with Gasteiger partial charge in [-0.2, -0.15) is 5.10 Å². The van der Waals surface area contributed by atoms with Crippen LogP contribution in [-0.2, 0) is 23.0 Å². The van der Waals surface area contributed by atoms with Gasteiger partial charge in [-0.15, -0.1) is 0 Å². The van der Waals surface area contributed by atoms with Gasteiger partial charge in [0.25, 0.3) is 0 Å². The molecule has 2 N–H and O–H groups in total. The van der Waals surface area contributed by atoms with Gasteiger partial charge in [0.2, 0.25) is 0 Å². The highest BCUT2D eigenvalue weighted by Crippen LogP contribution is 2.08. The normalized spacial score (nSPS) is 12.8. The quantitative estimate of drug-likeness (QED) is 0.848. The summed E-state index contributed by atoms with van der Waals surface area (Å²) in [4.78, 5) is 22.7. The number of hydrogen-bond donors (Lipinski definition) is 2. The van der Waals surface area contributed by atoms with E-state index in [1.165, 1.54) is 0 Å². The molecule has 0 fully saturated rings. The summed E-state index contributed by atoms with van der Waals surface area (Å²) in [5.74, 6) is -1.12. The maximum absolute atomic E-state index is 11.6. The van der Waals surface area contributed by atoms with Crippen LogP contribution in [0.4, 0.5) is 4.79 Å². The number of carboxylic acids is 1. The molecule has 0 aliphatic carbocycles. The molecule has 1 rings (SSSR count). The number of aromatic nitrogens is 2. The van der Waals surface area contributed by atoms with E-state index in [2.05, 4.69) is 10.4 Å². The minimum absolute atomic E-state index is 0.155. The van der Waals surface area contributed by atoms with E-state index in [0.717, 1.165) is 5.56 Å². The first-order valence-corrected chi connectivity index (χ1v) is 5.87. The molecule has 106 valence electrons. The van der Waals surface area contributed by atoms with Gasteiger partial charge in [0.15, 0.2) is 0 Å². The van der Waals surface area contributed by atoms with Gasteiger partial charge in [-0.05, 0) is 26.3 Å². The summed E-state index contributed by atoms with van der Waals surface area (Å²) in [6, 6.07) is -1.04. The van der Waals surface area contributed by atoms with Crippen LogP contribution in [0.5, 0.6) is 0 Å². The summed E-state index contributed by atoms with van der Waals surface area (Å²) in [5, 5.41) is 15.4. The Morgan fingerprint density at radius 2 is 2.16 bits per heavy atom. The van der Waals surface area contributed by atoms with Crippen LogP contribution in [0.3, 0.4) is 0 Å². The molecule has 1 aromatic rings. The molecule has 0 aromatic carbocycles. The van der Waals surface area contributed by atoms with Crippen LogP contribution in [-0.4, -0.2) is 38.6 Å². The van der Waals surface area contributed by atoms with E-state index in [9.17, 15) is 9.59 Å². The summed E-state index contributed by atoms with van der Waals surface area (Å²) in [5.41, 5.74) is 0.0625. The van der Waals surface area contributed by atoms with Crippen molar-refractivity contribution in [1.82, 2.24) is 15.1 Å². The van der Waals surface area contributed by atoms with Crippen molar-refractivity contribution in [2.45, 2.75) is 38.8 Å². The lowest BCUT2D eigenvalue weighted by atomic mass is 10.1. The van der Waals surface area contributed by atoms with E-state index in [1.54, 1.807) is 44.9 Å². The van der Waals surface area contributed by atoms with Crippen LogP contribution < -0.4 is 5.32 Å². The fourth-order valence-electron chi connectivity index (χ4n) is 1.46. The van der Waals surface area contributed by atoms with E-state index in [-0.39, 0.29) is 6.42 Å². The Kier molecular flexibility index (Phi) is 4.52. The highest BCUT2D eigenvalue weighted by atomic mass is 16.6. The molecule has 0 unspecified atom stereocenters. The zero-order valence-electron chi connectivity index (χ0n) is 11.5. The summed E-state index contributed by atoms with van der Waals surface area (Å²) in [6.45, 7) is 5.14. The number of ether oxygens (including phenoxy) is 1. The zero-order chi connectivity index (χ0) is 14.6. The lowest BCUT2D eigenvalue weighted by molar-refractivity contribution is -0.139. The molecule has 0 spiro atoms. The molecule has 0 bridgehead atoms. The van der Waals surface area contributed by atoms with Crippen molar-refractivity contribution < 1.29 is 19.4 Å². The summed E-state index contributed by atoms with van der Waals surface area (Å²) >= 11 is 0. The molecule has 0 saturated carbocycles. The van der Waals surface area contributed by atoms with Crippen molar-refractivity contribution in [2.75, 3.05) is 0 Å². The van der Waals surface area contributed by atoms with Crippen molar-refractivity contribution >= 4 is 12.1 Å². The SMILES string of the molecule is Cn1cc(C[C@@H](NC(=O)OC(C)(C)C)C(=O)O)cn1. The highest BCUT2D eigenvalue weighted by molar-refractivity contribution is 5.80. The van der Waals surface area contributed by atoms with E-state index >= 15 is 0 Å². The third-order valence-corrected chi connectivity index (χ3v) is 2.19. The second-order valence-corrected chi connectivity index (χ2v) is 5.26. The maximum atomic E-state index is 11.6. The number of hydrogen-bond acceptors (Lipinski definition) is 4. The second kappa shape index (κ2) is 5.73. The van der Waals surface area contributed by atoms with Crippen LogP contribution in [0, 0.1) is 0 Å². The highest BCUT2D eigenvalue weighted by Gasteiger charge is 2.24. The minimum atomic E-state index is -1.12. The zero-order valence-corrected chi connectivity index (χ0v) is 11.5. The molecular weight excluding hydrogens is 250 g/mol. The van der Waals surface area contributed by atoms with Crippen molar-refractivity contribution in [2.24, 2.45) is 7.05 Å². The average molecular weight is 269 g/mol. The number of aryl methyl sites for hydroxylation is 1. The largest absolute Gasteiger partial charge is 0.480 e. The molecule has 1 amide bonds. The number of alkyl carbamates (subject to hydrolysis) is 1. The van der Waals surface area contributed by atoms with Gasteiger partial charge in [0, 0.05) is 19.7 Å². The molecule has 0 radical (unpaired) electrons. The molecule has 0 aliphatic rings. The van der Waals surface area contributed by atoms with Gasteiger partial charge in [-0.1, -0.05) is 0 Å². The van der Waals surface area contributed by atoms with Gasteiger partial charge < -0.3 is 15.2 Å². The van der Waals surface area contributed by atoms with Crippen LogP contribution in [0.15, 0.2) is 12.4 Å². The van der Waals surface area contributed by atoms with Crippen molar-refractivity contribution in [3.8, 4) is 0 Å². The molecule has 1 heterocycles. The van der Waals surface area contributed by atoms with Crippen molar-refractivity contribution in [1.29, 1.82) is 0 Å². The Balaban J connectivity index is 2.63. The fraction of sp³-hybridized carbons (Fsp3) is 0.583. The Bertz CT molecular complexity index is 462. The van der Waals surface area contributed by atoms with E-state index in [0.29, 0.717) is 0 Å². The number of carbonyl (C=O) groups excluding carboxylic acids is 1. The lowest BCUT2D eigenvalue weighted by Crippen LogP contribution is -2.44. The van der Waals surface area contributed by atoms with Crippen molar-refractivity contribution in [3.63, 3.8) is 0 Å². The number of nitrogens with zero attached hydrogens (tertiary/aromatic N) is 2. The maximum Gasteiger partial charge on any atom is 0.408 e. The molecule has 0 aliphatic heterocycles. The van der Waals surface area contributed by atoms with Crippen LogP contribution in [0.25, 0.3) is 0 Å². The topological polar surface area (TPSA) is 93.5 Å². The first-order chi connectivity index (χ1) is 8.67. The van der Waals surface area contributed by atoms with Gasteiger partial charge in [0.05, 0.1) is 6.20 Å². The minimum Gasteiger partial charge on any atom is -0.480 e. The van der Waals surface area contributed by atoms with Crippen LogP contribution in [0.2, 0.25) is 0 Å². The summed E-state index contributed by atoms with van der Waals surface area (Å²) < 4.78 is 6.60. The number of carbonyl (C=O) groups is 2. The first kappa shape index (κ1) is 15.0. The Hall–Kier alpha value is -2.05. The number of nitrogens with one attached hydrogen (secondary N) is 1. The lowest BCUT2D eigenvalue weighted by Gasteiger charge is -2.21. The number of rotatable bonds is 4. The molecule has 1 atom stereocenters. The van der Waals surface area contributed by atoms with Gasteiger partial charge in [-0.25, -0.2) is 9.59 Å². The summed E-state index contributed by atoms with van der Waals surface area (Å²) in [6.07, 6.45) is 2.67. The predicted molar refractivity (Wildman–Crippen MR) is 67.7 cm³/mol. The fourth-order valence-corrected chi connectivity index (χ4v) is 1.46. The smallest absolute Gasteiger partial charge is 0.408 e. The van der Waals surface area contributed by atoms with Gasteiger partial charge in [-0.3, -0.25) is 4.68 Å². The van der Waals surface area contributed by atoms with Crippen molar-refractivity contribution in [3.05, 3.63) is 18.0 Å². The second-order valence-electron chi connectivity index (χ2n) is 5.26. The Labute approximate surface area is 111 Å².